The second-order valence-electron chi connectivity index (χ2n) is 5.72. The zero-order valence-corrected chi connectivity index (χ0v) is 12.5. The van der Waals surface area contributed by atoms with E-state index in [1.54, 1.807) is 6.07 Å². The number of para-hydroxylation sites is 1. The van der Waals surface area contributed by atoms with E-state index < -0.39 is 0 Å². The summed E-state index contributed by atoms with van der Waals surface area (Å²) in [6, 6.07) is 11.3. The van der Waals surface area contributed by atoms with Gasteiger partial charge in [-0.25, -0.2) is 4.98 Å². The van der Waals surface area contributed by atoms with Crippen LogP contribution in [0.1, 0.15) is 41.0 Å². The third-order valence-electron chi connectivity index (χ3n) is 3.88. The fourth-order valence-electron chi connectivity index (χ4n) is 2.44. The zero-order chi connectivity index (χ0) is 15.6. The van der Waals surface area contributed by atoms with Crippen LogP contribution in [0.3, 0.4) is 0 Å². The quantitative estimate of drug-likeness (QED) is 0.783. The van der Waals surface area contributed by atoms with Gasteiger partial charge in [-0.1, -0.05) is 29.4 Å². The summed E-state index contributed by atoms with van der Waals surface area (Å²) >= 11 is 0. The number of carbonyl (C=O) groups is 1. The maximum absolute atomic E-state index is 12.2. The molecule has 3 aromatic rings. The van der Waals surface area contributed by atoms with Gasteiger partial charge in [-0.3, -0.25) is 4.79 Å². The van der Waals surface area contributed by atoms with Gasteiger partial charge in [-0.2, -0.15) is 4.98 Å². The first-order chi connectivity index (χ1) is 11.3. The van der Waals surface area contributed by atoms with Crippen molar-refractivity contribution in [3.63, 3.8) is 0 Å². The molecule has 0 saturated heterocycles. The van der Waals surface area contributed by atoms with Crippen molar-refractivity contribution in [3.05, 3.63) is 53.8 Å². The van der Waals surface area contributed by atoms with Gasteiger partial charge in [0.1, 0.15) is 5.69 Å². The minimum absolute atomic E-state index is 0.197. The van der Waals surface area contributed by atoms with Gasteiger partial charge in [0.25, 0.3) is 5.91 Å². The van der Waals surface area contributed by atoms with Gasteiger partial charge in [-0.05, 0) is 25.0 Å². The highest BCUT2D eigenvalue weighted by Gasteiger charge is 2.28. The van der Waals surface area contributed by atoms with Gasteiger partial charge >= 0.3 is 0 Å². The summed E-state index contributed by atoms with van der Waals surface area (Å²) < 4.78 is 5.18. The van der Waals surface area contributed by atoms with E-state index in [0.29, 0.717) is 30.5 Å². The molecule has 0 radical (unpaired) electrons. The summed E-state index contributed by atoms with van der Waals surface area (Å²) in [6.07, 6.45) is 2.81. The average Bonchev–Trinajstić information content (AvgIpc) is 3.33. The van der Waals surface area contributed by atoms with Crippen LogP contribution in [0.2, 0.25) is 0 Å². The van der Waals surface area contributed by atoms with Crippen molar-refractivity contribution in [1.82, 2.24) is 20.4 Å². The van der Waals surface area contributed by atoms with E-state index in [1.807, 2.05) is 30.3 Å². The number of benzene rings is 1. The number of amides is 1. The summed E-state index contributed by atoms with van der Waals surface area (Å²) in [7, 11) is 0. The summed E-state index contributed by atoms with van der Waals surface area (Å²) in [6.45, 7) is 0.444. The maximum Gasteiger partial charge on any atom is 0.269 e. The molecule has 1 N–H and O–H groups in total. The second kappa shape index (κ2) is 5.79. The number of carbonyl (C=O) groups excluding carboxylic acids is 1. The van der Waals surface area contributed by atoms with Crippen molar-refractivity contribution in [1.29, 1.82) is 0 Å². The van der Waals surface area contributed by atoms with E-state index in [2.05, 4.69) is 20.4 Å². The molecule has 0 spiro atoms. The number of rotatable bonds is 5. The molecule has 2 aromatic heterocycles. The van der Waals surface area contributed by atoms with E-state index in [9.17, 15) is 4.79 Å². The van der Waals surface area contributed by atoms with Crippen LogP contribution in [0.15, 0.2) is 40.9 Å². The molecule has 1 aliphatic carbocycles. The highest BCUT2D eigenvalue weighted by Crippen LogP contribution is 2.38. The van der Waals surface area contributed by atoms with Crippen molar-refractivity contribution in [2.24, 2.45) is 0 Å². The van der Waals surface area contributed by atoms with E-state index in [1.165, 1.54) is 0 Å². The Labute approximate surface area is 132 Å². The van der Waals surface area contributed by atoms with Crippen LogP contribution in [-0.4, -0.2) is 27.6 Å². The van der Waals surface area contributed by atoms with Crippen LogP contribution in [-0.2, 0) is 6.42 Å². The second-order valence-corrected chi connectivity index (χ2v) is 5.72. The van der Waals surface area contributed by atoms with Crippen molar-refractivity contribution < 1.29 is 9.32 Å². The van der Waals surface area contributed by atoms with Gasteiger partial charge in [0.2, 0.25) is 5.89 Å². The predicted octanol–water partition coefficient (Wildman–Crippen LogP) is 2.47. The van der Waals surface area contributed by atoms with Crippen LogP contribution in [0, 0.1) is 0 Å². The van der Waals surface area contributed by atoms with E-state index in [-0.39, 0.29) is 5.91 Å². The minimum atomic E-state index is -0.197. The number of nitrogens with zero attached hydrogens (tertiary/aromatic N) is 3. The first kappa shape index (κ1) is 13.9. The molecule has 0 atom stereocenters. The monoisotopic (exact) mass is 308 g/mol. The molecule has 116 valence electrons. The van der Waals surface area contributed by atoms with Crippen molar-refractivity contribution >= 4 is 16.8 Å². The molecule has 0 bridgehead atoms. The first-order valence-electron chi connectivity index (χ1n) is 7.76. The molecule has 1 aliphatic rings. The predicted molar refractivity (Wildman–Crippen MR) is 84.1 cm³/mol. The smallest absolute Gasteiger partial charge is 0.269 e. The Bertz CT molecular complexity index is 854. The normalized spacial score (nSPS) is 14.1. The number of nitrogens with one attached hydrogen (secondary N) is 1. The number of hydrogen-bond acceptors (Lipinski definition) is 5. The van der Waals surface area contributed by atoms with E-state index >= 15 is 0 Å². The van der Waals surface area contributed by atoms with Gasteiger partial charge in [-0.15, -0.1) is 0 Å². The molecule has 1 aromatic carbocycles. The fraction of sp³-hybridized carbons (Fsp3) is 0.294. The first-order valence-corrected chi connectivity index (χ1v) is 7.76. The highest BCUT2D eigenvalue weighted by molar-refractivity contribution is 5.94. The lowest BCUT2D eigenvalue weighted by molar-refractivity contribution is 0.0949. The fourth-order valence-corrected chi connectivity index (χ4v) is 2.44. The lowest BCUT2D eigenvalue weighted by atomic mass is 10.2. The molecule has 1 amide bonds. The Kier molecular flexibility index (Phi) is 3.49. The lowest BCUT2D eigenvalue weighted by Crippen LogP contribution is -2.26. The third-order valence-corrected chi connectivity index (χ3v) is 3.88. The summed E-state index contributed by atoms with van der Waals surface area (Å²) in [5.74, 6) is 1.64. The molecule has 1 fully saturated rings. The van der Waals surface area contributed by atoms with E-state index in [0.717, 1.165) is 29.6 Å². The third kappa shape index (κ3) is 3.06. The van der Waals surface area contributed by atoms with Crippen molar-refractivity contribution in [2.45, 2.75) is 25.2 Å². The Balaban J connectivity index is 1.36. The van der Waals surface area contributed by atoms with Crippen LogP contribution in [0.5, 0.6) is 0 Å². The molecule has 23 heavy (non-hydrogen) atoms. The maximum atomic E-state index is 12.2. The lowest BCUT2D eigenvalue weighted by Gasteiger charge is -2.04. The SMILES string of the molecule is O=C(NCCc1nc(C2CC2)no1)c1ccc2ccccc2n1. The number of aromatic nitrogens is 3. The highest BCUT2D eigenvalue weighted by atomic mass is 16.5. The van der Waals surface area contributed by atoms with Crippen LogP contribution < -0.4 is 5.32 Å². The molecule has 0 aliphatic heterocycles. The Morgan fingerprint density at radius 1 is 1.17 bits per heavy atom. The van der Waals surface area contributed by atoms with Crippen LogP contribution >= 0.6 is 0 Å². The molecular formula is C17H16N4O2. The molecule has 2 heterocycles. The average molecular weight is 308 g/mol. The Morgan fingerprint density at radius 3 is 2.91 bits per heavy atom. The van der Waals surface area contributed by atoms with Gasteiger partial charge in [0, 0.05) is 24.3 Å². The van der Waals surface area contributed by atoms with Gasteiger partial charge in [0.15, 0.2) is 5.82 Å². The number of hydrogen-bond donors (Lipinski definition) is 1. The van der Waals surface area contributed by atoms with Gasteiger partial charge in [0.05, 0.1) is 5.52 Å². The number of fused-ring (bicyclic) bond motifs is 1. The van der Waals surface area contributed by atoms with Gasteiger partial charge < -0.3 is 9.84 Å². The molecule has 0 unspecified atom stereocenters. The Hall–Kier alpha value is -2.76. The van der Waals surface area contributed by atoms with Crippen LogP contribution in [0.25, 0.3) is 10.9 Å². The minimum Gasteiger partial charge on any atom is -0.350 e. The molecule has 6 nitrogen and oxygen atoms in total. The summed E-state index contributed by atoms with van der Waals surface area (Å²) in [4.78, 5) is 20.9. The van der Waals surface area contributed by atoms with Crippen molar-refractivity contribution in [2.75, 3.05) is 6.54 Å². The summed E-state index contributed by atoms with van der Waals surface area (Å²) in [5, 5.41) is 7.81. The molecule has 1 saturated carbocycles. The molecule has 4 rings (SSSR count). The Morgan fingerprint density at radius 2 is 2.04 bits per heavy atom. The zero-order valence-electron chi connectivity index (χ0n) is 12.5. The van der Waals surface area contributed by atoms with E-state index in [4.69, 9.17) is 4.52 Å². The van der Waals surface area contributed by atoms with Crippen LogP contribution in [0.4, 0.5) is 0 Å². The number of pyridine rings is 1. The molecule has 6 heteroatoms. The standard InChI is InChI=1S/C17H16N4O2/c22-17(14-8-7-11-3-1-2-4-13(11)19-14)18-10-9-15-20-16(21-23-15)12-5-6-12/h1-4,7-8,12H,5-6,9-10H2,(H,18,22). The largest absolute Gasteiger partial charge is 0.350 e. The molecular weight excluding hydrogens is 292 g/mol. The summed E-state index contributed by atoms with van der Waals surface area (Å²) in [5.41, 5.74) is 1.22. The topological polar surface area (TPSA) is 80.9 Å². The van der Waals surface area contributed by atoms with Crippen molar-refractivity contribution in [3.8, 4) is 0 Å².